The Balaban J connectivity index is 0.000000617. The van der Waals surface area contributed by atoms with Crippen LogP contribution < -0.4 is 56.5 Å². The van der Waals surface area contributed by atoms with E-state index in [0.29, 0.717) is 0 Å². The molecule has 2 nitrogen and oxygen atoms in total. The second kappa shape index (κ2) is 8.92. The number of nitrogens with zero attached hydrogens (tertiary/aromatic N) is 1. The minimum absolute atomic E-state index is 0. The Bertz CT molecular complexity index is 159. The summed E-state index contributed by atoms with van der Waals surface area (Å²) in [6.07, 6.45) is 2.36. The number of thioether (sulfide) groups is 1. The van der Waals surface area contributed by atoms with E-state index in [2.05, 4.69) is 4.90 Å². The van der Waals surface area contributed by atoms with Crippen molar-refractivity contribution in [3.63, 3.8) is 0 Å². The molecule has 84 valence electrons. The van der Waals surface area contributed by atoms with Crippen molar-refractivity contribution in [3.8, 4) is 0 Å². The van der Waals surface area contributed by atoms with Gasteiger partial charge in [0, 0.05) is 31.1 Å². The molecule has 2 aliphatic rings. The van der Waals surface area contributed by atoms with Crippen LogP contribution in [0.15, 0.2) is 0 Å². The van der Waals surface area contributed by atoms with E-state index in [1.807, 2.05) is 25.6 Å². The van der Waals surface area contributed by atoms with Crippen LogP contribution in [0.4, 0.5) is 0 Å². The second-order valence-electron chi connectivity index (χ2n) is 4.03. The maximum atomic E-state index is 10.9. The van der Waals surface area contributed by atoms with Crippen LogP contribution in [0.2, 0.25) is 0 Å². The van der Waals surface area contributed by atoms with Crippen molar-refractivity contribution in [2.24, 2.45) is 5.41 Å². The molecule has 0 aromatic rings. The average Bonchev–Trinajstić information content (AvgIpc) is 3.03. The summed E-state index contributed by atoms with van der Waals surface area (Å²) < 4.78 is 0. The van der Waals surface area contributed by atoms with Gasteiger partial charge in [-0.3, -0.25) is 0 Å². The van der Waals surface area contributed by atoms with Crippen LogP contribution in [0, 0.1) is 5.41 Å². The third-order valence-corrected chi connectivity index (χ3v) is 3.87. The maximum absolute atomic E-state index is 10.9. The normalized spacial score (nSPS) is 23.4. The minimum Gasteiger partial charge on any atom is -0.854 e. The molecular weight excluding hydrogens is 233 g/mol. The smallest absolute Gasteiger partial charge is 0.854 e. The van der Waals surface area contributed by atoms with Crippen LogP contribution in [-0.4, -0.2) is 42.6 Å². The molecule has 1 aliphatic carbocycles. The Hall–Kier alpha value is 1.91. The third-order valence-electron chi connectivity index (χ3n) is 2.93. The molecule has 0 aromatic heterocycles. The van der Waals surface area contributed by atoms with E-state index in [1.54, 1.807) is 0 Å². The fraction of sp³-hybridized carbons (Fsp3) is 1.00. The Morgan fingerprint density at radius 2 is 1.73 bits per heavy atom. The molecule has 0 spiro atoms. The molecule has 1 heterocycles. The van der Waals surface area contributed by atoms with Gasteiger partial charge in [0.2, 0.25) is 0 Å². The molecule has 0 bridgehead atoms. The van der Waals surface area contributed by atoms with Crippen molar-refractivity contribution in [2.75, 3.05) is 37.7 Å². The molecule has 0 aromatic carbocycles. The van der Waals surface area contributed by atoms with Crippen LogP contribution in [0.5, 0.6) is 0 Å². The fourth-order valence-corrected chi connectivity index (χ4v) is 2.74. The summed E-state index contributed by atoms with van der Waals surface area (Å²) in [7, 11) is 0. The summed E-state index contributed by atoms with van der Waals surface area (Å²) >= 11 is 2.03. The van der Waals surface area contributed by atoms with E-state index in [1.165, 1.54) is 37.4 Å². The summed E-state index contributed by atoms with van der Waals surface area (Å²) in [5.41, 5.74) is 0.210. The molecule has 0 amide bonds. The molecule has 0 radical (unpaired) electrons. The van der Waals surface area contributed by atoms with Crippen LogP contribution >= 0.6 is 11.8 Å². The molecule has 0 N–H and O–H groups in total. The molecule has 0 atom stereocenters. The van der Waals surface area contributed by atoms with Gasteiger partial charge in [-0.15, -0.1) is 6.61 Å². The molecule has 15 heavy (non-hydrogen) atoms. The monoisotopic (exact) mass is 255 g/mol. The molecule has 2 rings (SSSR count). The van der Waals surface area contributed by atoms with Crippen molar-refractivity contribution < 1.29 is 56.5 Å². The zero-order valence-electron chi connectivity index (χ0n) is 10.4. The van der Waals surface area contributed by atoms with Gasteiger partial charge in [-0.05, 0) is 18.3 Å². The van der Waals surface area contributed by atoms with E-state index in [4.69, 9.17) is 0 Å². The minimum atomic E-state index is 0. The van der Waals surface area contributed by atoms with Gasteiger partial charge in [-0.2, -0.15) is 11.8 Å². The molecule has 2 fully saturated rings. The Morgan fingerprint density at radius 1 is 1.20 bits per heavy atom. The Morgan fingerprint density at radius 3 is 2.13 bits per heavy atom. The first-order chi connectivity index (χ1) is 6.85. The second-order valence-corrected chi connectivity index (χ2v) is 5.26. The first-order valence-electron chi connectivity index (χ1n) is 5.73. The number of rotatable bonds is 3. The van der Waals surface area contributed by atoms with Crippen LogP contribution in [0.1, 0.15) is 26.7 Å². The van der Waals surface area contributed by atoms with Crippen molar-refractivity contribution in [1.29, 1.82) is 0 Å². The number of hydrogen-bond donors (Lipinski definition) is 0. The van der Waals surface area contributed by atoms with Gasteiger partial charge < -0.3 is 10.0 Å². The first kappa shape index (κ1) is 16.9. The van der Waals surface area contributed by atoms with Gasteiger partial charge in [0.05, 0.1) is 0 Å². The van der Waals surface area contributed by atoms with Gasteiger partial charge >= 0.3 is 51.4 Å². The van der Waals surface area contributed by atoms with E-state index in [-0.39, 0.29) is 63.4 Å². The molecule has 1 aliphatic heterocycles. The number of hydrogen-bond acceptors (Lipinski definition) is 3. The van der Waals surface area contributed by atoms with Gasteiger partial charge in [0.15, 0.2) is 0 Å². The average molecular weight is 255 g/mol. The molecule has 1 saturated heterocycles. The van der Waals surface area contributed by atoms with Gasteiger partial charge in [0.25, 0.3) is 0 Å². The van der Waals surface area contributed by atoms with Crippen molar-refractivity contribution in [3.05, 3.63) is 0 Å². The van der Waals surface area contributed by atoms with Crippen molar-refractivity contribution in [1.82, 2.24) is 4.90 Å². The van der Waals surface area contributed by atoms with Crippen molar-refractivity contribution >= 4 is 11.8 Å². The summed E-state index contributed by atoms with van der Waals surface area (Å²) in [5, 5.41) is 10.9. The zero-order chi connectivity index (χ0) is 10.4. The maximum Gasteiger partial charge on any atom is 1.00 e. The van der Waals surface area contributed by atoms with Crippen LogP contribution in [-0.2, 0) is 0 Å². The van der Waals surface area contributed by atoms with E-state index < -0.39 is 0 Å². The predicted molar refractivity (Wildman–Crippen MR) is 61.6 cm³/mol. The summed E-state index contributed by atoms with van der Waals surface area (Å²) in [5.74, 6) is 2.52. The van der Waals surface area contributed by atoms with Gasteiger partial charge in [0.1, 0.15) is 0 Å². The topological polar surface area (TPSA) is 26.3 Å². The van der Waals surface area contributed by atoms with E-state index in [0.717, 1.165) is 6.54 Å². The first-order valence-corrected chi connectivity index (χ1v) is 6.88. The van der Waals surface area contributed by atoms with Gasteiger partial charge in [-0.1, -0.05) is 13.8 Å². The van der Waals surface area contributed by atoms with E-state index in [9.17, 15) is 5.11 Å². The SMILES string of the molecule is CC.[K+].[O-]CC1(CN2CCSCC2)CC1. The van der Waals surface area contributed by atoms with Crippen LogP contribution in [0.3, 0.4) is 0 Å². The summed E-state index contributed by atoms with van der Waals surface area (Å²) in [4.78, 5) is 2.47. The Kier molecular flexibility index (Phi) is 10.1. The predicted octanol–water partition coefficient (Wildman–Crippen LogP) is -1.79. The quantitative estimate of drug-likeness (QED) is 0.557. The fourth-order valence-electron chi connectivity index (χ4n) is 1.76. The summed E-state index contributed by atoms with van der Waals surface area (Å²) in [6, 6.07) is 0. The third kappa shape index (κ3) is 5.86. The Labute approximate surface area is 141 Å². The largest absolute Gasteiger partial charge is 1.00 e. The van der Waals surface area contributed by atoms with Crippen LogP contribution in [0.25, 0.3) is 0 Å². The standard InChI is InChI=1S/C9H16NOS.C2H6.K/c11-8-9(1-2-9)7-10-3-5-12-6-4-10;1-2;/h1-8H2;1-2H3;/q-1;;+1. The van der Waals surface area contributed by atoms with Crippen molar-refractivity contribution in [2.45, 2.75) is 26.7 Å². The molecule has 1 saturated carbocycles. The molecule has 4 heteroatoms. The molecular formula is C11H22KNOS. The summed E-state index contributed by atoms with van der Waals surface area (Å²) in [6.45, 7) is 7.63. The zero-order valence-corrected chi connectivity index (χ0v) is 14.4. The molecule has 0 unspecified atom stereocenters. The van der Waals surface area contributed by atoms with E-state index >= 15 is 0 Å². The van der Waals surface area contributed by atoms with Gasteiger partial charge in [-0.25, -0.2) is 0 Å².